The molecule has 1 aromatic rings. The number of carbonyl (C=O) groups excluding carboxylic acids is 1. The molecule has 0 saturated carbocycles. The molecule has 1 aromatic heterocycles. The summed E-state index contributed by atoms with van der Waals surface area (Å²) < 4.78 is 30.6. The Hall–Kier alpha value is -0.310. The van der Waals surface area contributed by atoms with Crippen molar-refractivity contribution in [3.63, 3.8) is 0 Å². The first kappa shape index (κ1) is 15.7. The molecule has 100 valence electrons. The highest BCUT2D eigenvalue weighted by Gasteiger charge is 2.17. The lowest BCUT2D eigenvalue weighted by Gasteiger charge is -2.11. The van der Waals surface area contributed by atoms with Crippen molar-refractivity contribution < 1.29 is 18.3 Å². The summed E-state index contributed by atoms with van der Waals surface area (Å²) in [5.74, 6) is -0.429. The first-order valence-corrected chi connectivity index (χ1v) is 7.37. The maximum atomic E-state index is 12.7. The Balaban J connectivity index is 3.10. The van der Waals surface area contributed by atoms with E-state index < -0.39 is 12.4 Å². The van der Waals surface area contributed by atoms with Gasteiger partial charge in [0.1, 0.15) is 9.39 Å². The van der Waals surface area contributed by atoms with E-state index in [9.17, 15) is 13.6 Å². The topological polar surface area (TPSA) is 39.2 Å². The molecule has 7 heteroatoms. The second-order valence-corrected chi connectivity index (χ2v) is 4.97. The molecule has 1 heterocycles. The first-order valence-electron chi connectivity index (χ1n) is 5.17. The van der Waals surface area contributed by atoms with E-state index in [1.165, 1.54) is 6.07 Å². The molecule has 0 spiro atoms. The van der Waals surface area contributed by atoms with Crippen molar-refractivity contribution in [1.82, 2.24) is 4.98 Å². The molecule has 0 unspecified atom stereocenters. The van der Waals surface area contributed by atoms with Crippen LogP contribution in [0.4, 0.5) is 8.78 Å². The van der Waals surface area contributed by atoms with E-state index in [1.54, 1.807) is 6.92 Å². The Kier molecular flexibility index (Phi) is 6.40. The fourth-order valence-electron chi connectivity index (χ4n) is 1.39. The Labute approximate surface area is 126 Å². The molecule has 0 N–H and O–H groups in total. The minimum Gasteiger partial charge on any atom is -0.466 e. The summed E-state index contributed by atoms with van der Waals surface area (Å²) in [4.78, 5) is 15.2. The van der Waals surface area contributed by atoms with Crippen LogP contribution < -0.4 is 0 Å². The van der Waals surface area contributed by atoms with Gasteiger partial charge in [-0.1, -0.05) is 15.9 Å². The molecule has 3 nitrogen and oxygen atoms in total. The van der Waals surface area contributed by atoms with Crippen molar-refractivity contribution in [2.45, 2.75) is 25.1 Å². The molecule has 0 saturated heterocycles. The van der Waals surface area contributed by atoms with E-state index in [1.807, 2.05) is 22.6 Å². The lowest BCUT2D eigenvalue weighted by atomic mass is 10.1. The number of hydrogen-bond donors (Lipinski definition) is 0. The maximum Gasteiger partial charge on any atom is 0.310 e. The minimum atomic E-state index is -2.65. The van der Waals surface area contributed by atoms with Crippen LogP contribution in [-0.2, 0) is 21.3 Å². The lowest BCUT2D eigenvalue weighted by Crippen LogP contribution is -2.11. The van der Waals surface area contributed by atoms with Crippen molar-refractivity contribution in [2.24, 2.45) is 0 Å². The van der Waals surface area contributed by atoms with Crippen LogP contribution in [0.25, 0.3) is 0 Å². The number of hydrogen-bond acceptors (Lipinski definition) is 3. The number of carbonyl (C=O) groups is 1. The predicted molar refractivity (Wildman–Crippen MR) is 74.9 cm³/mol. The molecule has 0 aromatic carbocycles. The minimum absolute atomic E-state index is 0.0208. The van der Waals surface area contributed by atoms with Gasteiger partial charge in [-0.15, -0.1) is 0 Å². The average Bonchev–Trinajstić information content (AvgIpc) is 2.28. The average molecular weight is 434 g/mol. The maximum absolute atomic E-state index is 12.7. The van der Waals surface area contributed by atoms with Crippen molar-refractivity contribution in [3.05, 3.63) is 26.6 Å². The van der Waals surface area contributed by atoms with Crippen LogP contribution in [-0.4, -0.2) is 17.6 Å². The number of alkyl halides is 3. The number of aromatic nitrogens is 1. The van der Waals surface area contributed by atoms with E-state index >= 15 is 0 Å². The zero-order valence-electron chi connectivity index (χ0n) is 9.55. The van der Waals surface area contributed by atoms with Crippen LogP contribution in [0, 0.1) is 3.70 Å². The van der Waals surface area contributed by atoms with Crippen LogP contribution in [0.15, 0.2) is 6.07 Å². The van der Waals surface area contributed by atoms with Crippen molar-refractivity contribution in [2.75, 3.05) is 6.61 Å². The van der Waals surface area contributed by atoms with Gasteiger partial charge in [0.2, 0.25) is 0 Å². The molecule has 0 radical (unpaired) electrons. The fourth-order valence-corrected chi connectivity index (χ4v) is 3.35. The summed E-state index contributed by atoms with van der Waals surface area (Å²) in [6, 6.07) is 1.26. The molecular weight excluding hydrogens is 423 g/mol. The van der Waals surface area contributed by atoms with Gasteiger partial charge in [0.15, 0.2) is 0 Å². The Bertz CT molecular complexity index is 443. The monoisotopic (exact) mass is 433 g/mol. The van der Waals surface area contributed by atoms with Crippen LogP contribution in [0.1, 0.15) is 30.2 Å². The van der Waals surface area contributed by atoms with Gasteiger partial charge >= 0.3 is 5.97 Å². The third-order valence-corrected chi connectivity index (χ3v) is 3.64. The Morgan fingerprint density at radius 2 is 2.28 bits per heavy atom. The van der Waals surface area contributed by atoms with E-state index in [4.69, 9.17) is 4.74 Å². The third kappa shape index (κ3) is 4.11. The van der Waals surface area contributed by atoms with Gasteiger partial charge in [0, 0.05) is 5.33 Å². The van der Waals surface area contributed by atoms with Gasteiger partial charge in [0.05, 0.1) is 13.0 Å². The number of ether oxygens (including phenoxy) is 1. The first-order chi connectivity index (χ1) is 8.49. The van der Waals surface area contributed by atoms with Crippen molar-refractivity contribution in [3.8, 4) is 0 Å². The van der Waals surface area contributed by atoms with Gasteiger partial charge in [-0.2, -0.15) is 0 Å². The van der Waals surface area contributed by atoms with Gasteiger partial charge < -0.3 is 4.74 Å². The van der Waals surface area contributed by atoms with E-state index in [2.05, 4.69) is 20.9 Å². The molecule has 0 atom stereocenters. The van der Waals surface area contributed by atoms with Crippen LogP contribution in [0.2, 0.25) is 0 Å². The highest BCUT2D eigenvalue weighted by molar-refractivity contribution is 14.1. The van der Waals surface area contributed by atoms with E-state index in [0.717, 1.165) is 5.56 Å². The number of pyridine rings is 1. The number of nitrogens with zero attached hydrogens (tertiary/aromatic N) is 1. The predicted octanol–water partition coefficient (Wildman–Crippen LogP) is 3.62. The van der Waals surface area contributed by atoms with Crippen molar-refractivity contribution in [1.29, 1.82) is 0 Å². The molecule has 18 heavy (non-hydrogen) atoms. The van der Waals surface area contributed by atoms with Gasteiger partial charge in [0.25, 0.3) is 6.43 Å². The summed E-state index contributed by atoms with van der Waals surface area (Å²) in [7, 11) is 0. The molecule has 0 fully saturated rings. The number of rotatable bonds is 5. The molecule has 0 bridgehead atoms. The molecule has 0 aliphatic rings. The highest BCUT2D eigenvalue weighted by Crippen LogP contribution is 2.25. The molecule has 1 rings (SSSR count). The highest BCUT2D eigenvalue weighted by atomic mass is 127. The normalized spacial score (nSPS) is 10.8. The number of halogens is 4. The van der Waals surface area contributed by atoms with Crippen molar-refractivity contribution >= 4 is 44.5 Å². The molecule has 0 aliphatic heterocycles. The summed E-state index contributed by atoms with van der Waals surface area (Å²) in [6.07, 6.45) is -2.67. The zero-order valence-corrected chi connectivity index (χ0v) is 13.3. The summed E-state index contributed by atoms with van der Waals surface area (Å²) >= 11 is 5.15. The Morgan fingerprint density at radius 1 is 1.61 bits per heavy atom. The summed E-state index contributed by atoms with van der Waals surface area (Å²) in [5, 5.41) is 0.455. The van der Waals surface area contributed by atoms with Crippen LogP contribution >= 0.6 is 38.5 Å². The van der Waals surface area contributed by atoms with Gasteiger partial charge in [-0.3, -0.25) is 4.79 Å². The van der Waals surface area contributed by atoms with E-state index in [0.29, 0.717) is 14.6 Å². The Morgan fingerprint density at radius 3 is 2.78 bits per heavy atom. The molecule has 0 amide bonds. The largest absolute Gasteiger partial charge is 0.466 e. The van der Waals surface area contributed by atoms with Crippen LogP contribution in [0.3, 0.4) is 0 Å². The molecular formula is C11H11BrF2INO2. The SMILES string of the molecule is CCOC(=O)Cc1cc(C(F)F)nc(I)c1CBr. The third-order valence-electron chi connectivity index (χ3n) is 2.18. The standard InChI is InChI=1S/C11H11BrF2INO2/c1-2-18-9(17)4-6-3-8(10(13)14)16-11(15)7(6)5-12/h3,10H,2,4-5H2,1H3. The smallest absolute Gasteiger partial charge is 0.310 e. The quantitative estimate of drug-likeness (QED) is 0.308. The summed E-state index contributed by atoms with van der Waals surface area (Å²) in [5.41, 5.74) is 0.955. The zero-order chi connectivity index (χ0) is 13.7. The van der Waals surface area contributed by atoms with Gasteiger partial charge in [-0.25, -0.2) is 13.8 Å². The van der Waals surface area contributed by atoms with Crippen LogP contribution in [0.5, 0.6) is 0 Å². The fraction of sp³-hybridized carbons (Fsp3) is 0.455. The van der Waals surface area contributed by atoms with E-state index in [-0.39, 0.29) is 18.7 Å². The summed E-state index contributed by atoms with van der Waals surface area (Å²) in [6.45, 7) is 1.97. The number of esters is 1. The van der Waals surface area contributed by atoms with Gasteiger partial charge in [-0.05, 0) is 46.7 Å². The second-order valence-electron chi connectivity index (χ2n) is 3.39. The molecule has 0 aliphatic carbocycles. The lowest BCUT2D eigenvalue weighted by molar-refractivity contribution is -0.142. The second kappa shape index (κ2) is 7.32.